The van der Waals surface area contributed by atoms with Crippen LogP contribution in [0.15, 0.2) is 36.6 Å². The van der Waals surface area contributed by atoms with Gasteiger partial charge in [-0.15, -0.1) is 0 Å². The molecule has 8 nitrogen and oxygen atoms in total. The predicted molar refractivity (Wildman–Crippen MR) is 93.7 cm³/mol. The Balaban J connectivity index is 2.00. The van der Waals surface area contributed by atoms with Gasteiger partial charge in [-0.1, -0.05) is 0 Å². The van der Waals surface area contributed by atoms with Gasteiger partial charge in [-0.2, -0.15) is 5.10 Å². The molecule has 1 saturated carbocycles. The number of allylic oxidation sites excluding steroid dienone is 1. The van der Waals surface area contributed by atoms with E-state index in [2.05, 4.69) is 15.1 Å². The maximum Gasteiger partial charge on any atom is 0.200 e. The minimum absolute atomic E-state index is 0.0431. The fraction of sp³-hybridized carbons (Fsp3) is 0.389. The summed E-state index contributed by atoms with van der Waals surface area (Å²) in [6, 6.07) is 3.33. The second kappa shape index (κ2) is 7.57. The van der Waals surface area contributed by atoms with Gasteiger partial charge in [-0.3, -0.25) is 9.59 Å². The van der Waals surface area contributed by atoms with Crippen LogP contribution in [-0.2, 0) is 16.1 Å². The maximum atomic E-state index is 13.1. The molecule has 0 saturated heterocycles. The topological polar surface area (TPSA) is 90.2 Å². The molecule has 0 radical (unpaired) electrons. The number of carbonyl (C=O) groups excluding carboxylic acids is 2. The van der Waals surface area contributed by atoms with Gasteiger partial charge in [0.05, 0.1) is 17.9 Å². The van der Waals surface area contributed by atoms with Gasteiger partial charge < -0.3 is 9.64 Å². The summed E-state index contributed by atoms with van der Waals surface area (Å²) in [5, 5.41) is 4.04. The Morgan fingerprint density at radius 2 is 2.12 bits per heavy atom. The number of rotatable bonds is 8. The Morgan fingerprint density at radius 1 is 1.35 bits per heavy atom. The number of methoxy groups -OCH3 is 1. The van der Waals surface area contributed by atoms with Crippen LogP contribution in [0.4, 0.5) is 0 Å². The van der Waals surface area contributed by atoms with Crippen molar-refractivity contribution >= 4 is 11.6 Å². The summed E-state index contributed by atoms with van der Waals surface area (Å²) in [5.41, 5.74) is 1.00. The highest BCUT2D eigenvalue weighted by molar-refractivity contribution is 6.27. The van der Waals surface area contributed by atoms with E-state index in [0.717, 1.165) is 12.8 Å². The molecule has 26 heavy (non-hydrogen) atoms. The van der Waals surface area contributed by atoms with E-state index in [9.17, 15) is 9.59 Å². The first kappa shape index (κ1) is 17.9. The lowest BCUT2D eigenvalue weighted by atomic mass is 9.97. The van der Waals surface area contributed by atoms with E-state index in [-0.39, 0.29) is 29.7 Å². The molecule has 1 aliphatic rings. The van der Waals surface area contributed by atoms with Crippen LogP contribution in [0, 0.1) is 5.92 Å². The van der Waals surface area contributed by atoms with Crippen molar-refractivity contribution in [2.45, 2.75) is 19.4 Å². The maximum absolute atomic E-state index is 13.1. The van der Waals surface area contributed by atoms with E-state index in [1.54, 1.807) is 37.3 Å². The quantitative estimate of drug-likeness (QED) is 0.306. The van der Waals surface area contributed by atoms with E-state index in [4.69, 9.17) is 4.74 Å². The average Bonchev–Trinajstić information content (AvgIpc) is 3.33. The van der Waals surface area contributed by atoms with Crippen molar-refractivity contribution in [3.05, 3.63) is 47.8 Å². The molecule has 2 heterocycles. The average molecular weight is 355 g/mol. The fourth-order valence-corrected chi connectivity index (χ4v) is 2.60. The zero-order chi connectivity index (χ0) is 18.7. The minimum Gasteiger partial charge on any atom is -0.383 e. The molecule has 0 aliphatic heterocycles. The van der Waals surface area contributed by atoms with Crippen LogP contribution in [0.1, 0.15) is 28.9 Å². The molecule has 136 valence electrons. The Kier molecular flexibility index (Phi) is 5.22. The first-order chi connectivity index (χ1) is 12.5. The number of aromatic nitrogens is 4. The molecule has 0 atom stereocenters. The van der Waals surface area contributed by atoms with Crippen molar-refractivity contribution in [2.24, 2.45) is 5.92 Å². The number of nitrogens with zero attached hydrogens (tertiary/aromatic N) is 5. The minimum atomic E-state index is -0.333. The molecule has 0 unspecified atom stereocenters. The van der Waals surface area contributed by atoms with E-state index >= 15 is 0 Å². The van der Waals surface area contributed by atoms with Crippen molar-refractivity contribution in [1.82, 2.24) is 24.6 Å². The Morgan fingerprint density at radius 3 is 2.69 bits per heavy atom. The Labute approximate surface area is 151 Å². The van der Waals surface area contributed by atoms with Gasteiger partial charge in [0, 0.05) is 38.9 Å². The summed E-state index contributed by atoms with van der Waals surface area (Å²) < 4.78 is 6.70. The fourth-order valence-electron chi connectivity index (χ4n) is 2.60. The van der Waals surface area contributed by atoms with Crippen LogP contribution < -0.4 is 0 Å². The van der Waals surface area contributed by atoms with Gasteiger partial charge in [-0.25, -0.2) is 14.6 Å². The SMILES string of the molecule is COCc1nc(-n2cncn2)ccc1C(=O)C(=CN(C)C)C(=O)C1CC1. The van der Waals surface area contributed by atoms with Crippen LogP contribution in [-0.4, -0.2) is 57.4 Å². The molecule has 1 aliphatic carbocycles. The Bertz CT molecular complexity index is 839. The summed E-state index contributed by atoms with van der Waals surface area (Å²) in [6.07, 6.45) is 6.19. The van der Waals surface area contributed by atoms with Crippen LogP contribution in [0.25, 0.3) is 5.82 Å². The second-order valence-electron chi connectivity index (χ2n) is 6.41. The molecule has 3 rings (SSSR count). The van der Waals surface area contributed by atoms with Gasteiger partial charge in [0.15, 0.2) is 17.4 Å². The smallest absolute Gasteiger partial charge is 0.200 e. The summed E-state index contributed by atoms with van der Waals surface area (Å²) >= 11 is 0. The molecular weight excluding hydrogens is 334 g/mol. The molecule has 0 bridgehead atoms. The van der Waals surface area contributed by atoms with Crippen molar-refractivity contribution in [1.29, 1.82) is 0 Å². The molecule has 1 fully saturated rings. The van der Waals surface area contributed by atoms with Gasteiger partial charge >= 0.3 is 0 Å². The first-order valence-electron chi connectivity index (χ1n) is 8.32. The molecule has 8 heteroatoms. The third kappa shape index (κ3) is 3.85. The van der Waals surface area contributed by atoms with Gasteiger partial charge in [0.2, 0.25) is 0 Å². The van der Waals surface area contributed by atoms with Crippen molar-refractivity contribution in [2.75, 3.05) is 21.2 Å². The summed E-state index contributed by atoms with van der Waals surface area (Å²) in [5.74, 6) is 0.0453. The van der Waals surface area contributed by atoms with Gasteiger partial charge in [-0.05, 0) is 25.0 Å². The van der Waals surface area contributed by atoms with Gasteiger partial charge in [0.1, 0.15) is 12.7 Å². The molecule has 0 aromatic carbocycles. The van der Waals surface area contributed by atoms with E-state index in [1.807, 2.05) is 0 Å². The highest BCUT2D eigenvalue weighted by Gasteiger charge is 2.35. The molecule has 0 amide bonds. The monoisotopic (exact) mass is 355 g/mol. The number of Topliss-reactive ketones (excluding diaryl/α,β-unsaturated/α-hetero) is 2. The Hall–Kier alpha value is -2.87. The normalized spacial score (nSPS) is 14.3. The van der Waals surface area contributed by atoms with E-state index in [0.29, 0.717) is 17.1 Å². The van der Waals surface area contributed by atoms with Crippen molar-refractivity contribution in [3.63, 3.8) is 0 Å². The largest absolute Gasteiger partial charge is 0.383 e. The molecule has 0 N–H and O–H groups in total. The highest BCUT2D eigenvalue weighted by atomic mass is 16.5. The summed E-state index contributed by atoms with van der Waals surface area (Å²) in [7, 11) is 5.11. The molecule has 2 aromatic heterocycles. The number of hydrogen-bond donors (Lipinski definition) is 0. The van der Waals surface area contributed by atoms with Crippen molar-refractivity contribution < 1.29 is 14.3 Å². The van der Waals surface area contributed by atoms with E-state index < -0.39 is 0 Å². The number of carbonyl (C=O) groups is 2. The van der Waals surface area contributed by atoms with Crippen LogP contribution in [0.3, 0.4) is 0 Å². The van der Waals surface area contributed by atoms with Gasteiger partial charge in [0.25, 0.3) is 0 Å². The summed E-state index contributed by atoms with van der Waals surface area (Å²) in [6.45, 7) is 0.149. The van der Waals surface area contributed by atoms with E-state index in [1.165, 1.54) is 24.4 Å². The molecular formula is C18H21N5O3. The number of ketones is 2. The number of ether oxygens (including phenoxy) is 1. The number of pyridine rings is 1. The number of hydrogen-bond acceptors (Lipinski definition) is 7. The zero-order valence-corrected chi connectivity index (χ0v) is 15.0. The summed E-state index contributed by atoms with van der Waals surface area (Å²) in [4.78, 5) is 35.8. The lowest BCUT2D eigenvalue weighted by Crippen LogP contribution is -2.20. The molecule has 0 spiro atoms. The molecule has 2 aromatic rings. The zero-order valence-electron chi connectivity index (χ0n) is 15.0. The van der Waals surface area contributed by atoms with Crippen LogP contribution in [0.5, 0.6) is 0 Å². The standard InChI is InChI=1S/C18H21N5O3/c1-22(2)8-14(17(24)12-4-5-12)18(25)13-6-7-16(21-15(13)9-26-3)23-11-19-10-20-23/h6-8,10-12H,4-5,9H2,1-3H3. The van der Waals surface area contributed by atoms with Crippen LogP contribution in [0.2, 0.25) is 0 Å². The lowest BCUT2D eigenvalue weighted by molar-refractivity contribution is -0.116. The predicted octanol–water partition coefficient (Wildman–Crippen LogP) is 1.42. The third-order valence-corrected chi connectivity index (χ3v) is 3.98. The lowest BCUT2D eigenvalue weighted by Gasteiger charge is -2.13. The third-order valence-electron chi connectivity index (χ3n) is 3.98. The van der Waals surface area contributed by atoms with Crippen LogP contribution >= 0.6 is 0 Å². The highest BCUT2D eigenvalue weighted by Crippen LogP contribution is 2.33. The first-order valence-corrected chi connectivity index (χ1v) is 8.32. The van der Waals surface area contributed by atoms with Crippen molar-refractivity contribution in [3.8, 4) is 5.82 Å². The second-order valence-corrected chi connectivity index (χ2v) is 6.41.